The summed E-state index contributed by atoms with van der Waals surface area (Å²) >= 11 is 0. The molecule has 1 aromatic rings. The molecule has 0 saturated heterocycles. The van der Waals surface area contributed by atoms with Crippen LogP contribution in [0.15, 0.2) is 42.5 Å². The molecule has 5 nitrogen and oxygen atoms in total. The lowest BCUT2D eigenvalue weighted by Gasteiger charge is -2.11. The van der Waals surface area contributed by atoms with Gasteiger partial charge in [0.05, 0.1) is 6.04 Å². The first-order valence-corrected chi connectivity index (χ1v) is 5.16. The summed E-state index contributed by atoms with van der Waals surface area (Å²) in [7, 11) is 0. The normalized spacial score (nSPS) is 11.8. The summed E-state index contributed by atoms with van der Waals surface area (Å²) in [6.45, 7) is 3.53. The van der Waals surface area contributed by atoms with Gasteiger partial charge in [-0.25, -0.2) is 4.79 Å². The first-order valence-electron chi connectivity index (χ1n) is 5.16. The van der Waals surface area contributed by atoms with E-state index in [2.05, 4.69) is 6.58 Å². The summed E-state index contributed by atoms with van der Waals surface area (Å²) in [6.07, 6.45) is -5.08. The quantitative estimate of drug-likeness (QED) is 0.731. The van der Waals surface area contributed by atoms with E-state index in [-0.39, 0.29) is 5.57 Å². The predicted octanol–water partition coefficient (Wildman–Crippen LogP) is 1.36. The van der Waals surface area contributed by atoms with Gasteiger partial charge in [-0.05, 0) is 5.56 Å². The Balaban J connectivity index is 0.000000441. The zero-order chi connectivity index (χ0) is 15.9. The van der Waals surface area contributed by atoms with E-state index in [0.29, 0.717) is 0 Å². The second-order valence-corrected chi connectivity index (χ2v) is 3.58. The summed E-state index contributed by atoms with van der Waals surface area (Å²) in [5.74, 6) is -3.32. The number of alkyl halides is 3. The van der Waals surface area contributed by atoms with E-state index in [1.54, 1.807) is 0 Å². The molecule has 0 aliphatic carbocycles. The molecule has 110 valence electrons. The van der Waals surface area contributed by atoms with E-state index in [1.807, 2.05) is 30.3 Å². The lowest BCUT2D eigenvalue weighted by atomic mass is 10.0. The van der Waals surface area contributed by atoms with Crippen LogP contribution in [0.4, 0.5) is 13.2 Å². The summed E-state index contributed by atoms with van der Waals surface area (Å²) in [6, 6.07) is 8.74. The Morgan fingerprint density at radius 3 is 1.90 bits per heavy atom. The molecule has 0 aromatic heterocycles. The fourth-order valence-corrected chi connectivity index (χ4v) is 1.01. The van der Waals surface area contributed by atoms with Gasteiger partial charge in [0.2, 0.25) is 5.91 Å². The molecule has 1 amide bonds. The minimum atomic E-state index is -5.08. The monoisotopic (exact) mass is 290 g/mol. The number of nitrogens with two attached hydrogens (primary N) is 2. The molecule has 1 rings (SSSR count). The predicted molar refractivity (Wildman–Crippen MR) is 65.4 cm³/mol. The van der Waals surface area contributed by atoms with Gasteiger partial charge in [-0.1, -0.05) is 36.9 Å². The van der Waals surface area contributed by atoms with Crippen molar-refractivity contribution in [1.82, 2.24) is 0 Å². The van der Waals surface area contributed by atoms with Gasteiger partial charge in [0.1, 0.15) is 0 Å². The van der Waals surface area contributed by atoms with Crippen molar-refractivity contribution in [2.75, 3.05) is 0 Å². The fourth-order valence-electron chi connectivity index (χ4n) is 1.01. The molecule has 0 bridgehead atoms. The number of amides is 1. The van der Waals surface area contributed by atoms with Crippen molar-refractivity contribution in [2.24, 2.45) is 11.5 Å². The highest BCUT2D eigenvalue weighted by Gasteiger charge is 2.38. The standard InChI is InChI=1S/C10H12N2O.C2HF3O2/c1-7(10(12)13)9(11)8-5-3-2-4-6-8;3-2(4,5)1(6)7/h2-6,9H,1,11H2,(H2,12,13);(H,6,7). The van der Waals surface area contributed by atoms with E-state index in [9.17, 15) is 18.0 Å². The van der Waals surface area contributed by atoms with Gasteiger partial charge in [0.25, 0.3) is 0 Å². The van der Waals surface area contributed by atoms with E-state index in [0.717, 1.165) is 5.56 Å². The molecule has 0 aliphatic rings. The summed E-state index contributed by atoms with van der Waals surface area (Å²) in [5, 5.41) is 7.12. The number of primary amides is 1. The van der Waals surface area contributed by atoms with E-state index in [1.165, 1.54) is 0 Å². The van der Waals surface area contributed by atoms with Crippen LogP contribution in [-0.2, 0) is 9.59 Å². The Morgan fingerprint density at radius 1 is 1.20 bits per heavy atom. The summed E-state index contributed by atoms with van der Waals surface area (Å²) < 4.78 is 31.7. The molecule has 0 saturated carbocycles. The van der Waals surface area contributed by atoms with Crippen LogP contribution in [0, 0.1) is 0 Å². The van der Waals surface area contributed by atoms with Gasteiger partial charge in [-0.15, -0.1) is 0 Å². The number of hydrogen-bond acceptors (Lipinski definition) is 3. The Morgan fingerprint density at radius 2 is 1.60 bits per heavy atom. The molecule has 1 atom stereocenters. The van der Waals surface area contributed by atoms with Crippen LogP contribution in [0.2, 0.25) is 0 Å². The van der Waals surface area contributed by atoms with Crippen LogP contribution in [0.25, 0.3) is 0 Å². The van der Waals surface area contributed by atoms with Crippen molar-refractivity contribution in [3.63, 3.8) is 0 Å². The fraction of sp³-hybridized carbons (Fsp3) is 0.167. The number of halogens is 3. The van der Waals surface area contributed by atoms with Crippen molar-refractivity contribution < 1.29 is 27.9 Å². The maximum atomic E-state index is 10.8. The second kappa shape index (κ2) is 7.29. The van der Waals surface area contributed by atoms with Crippen molar-refractivity contribution in [2.45, 2.75) is 12.2 Å². The van der Waals surface area contributed by atoms with Crippen molar-refractivity contribution in [3.05, 3.63) is 48.0 Å². The highest BCUT2D eigenvalue weighted by atomic mass is 19.4. The lowest BCUT2D eigenvalue weighted by molar-refractivity contribution is -0.192. The van der Waals surface area contributed by atoms with Crippen molar-refractivity contribution >= 4 is 11.9 Å². The number of benzene rings is 1. The maximum absolute atomic E-state index is 10.8. The van der Waals surface area contributed by atoms with Crippen LogP contribution in [-0.4, -0.2) is 23.2 Å². The van der Waals surface area contributed by atoms with Gasteiger partial charge < -0.3 is 16.6 Å². The van der Waals surface area contributed by atoms with Gasteiger partial charge in [-0.3, -0.25) is 4.79 Å². The number of hydrogen-bond donors (Lipinski definition) is 3. The van der Waals surface area contributed by atoms with E-state index < -0.39 is 24.1 Å². The largest absolute Gasteiger partial charge is 0.490 e. The second-order valence-electron chi connectivity index (χ2n) is 3.58. The molecule has 0 spiro atoms. The summed E-state index contributed by atoms with van der Waals surface area (Å²) in [5.41, 5.74) is 11.9. The Hall–Kier alpha value is -2.35. The SMILES string of the molecule is C=C(C(N)=O)C(N)c1ccccc1.O=C(O)C(F)(F)F. The molecular weight excluding hydrogens is 277 g/mol. The molecule has 0 heterocycles. The highest BCUT2D eigenvalue weighted by Crippen LogP contribution is 2.16. The molecule has 5 N–H and O–H groups in total. The molecule has 1 aromatic carbocycles. The van der Waals surface area contributed by atoms with Crippen molar-refractivity contribution in [3.8, 4) is 0 Å². The van der Waals surface area contributed by atoms with Crippen LogP contribution in [0.5, 0.6) is 0 Å². The molecule has 20 heavy (non-hydrogen) atoms. The minimum Gasteiger partial charge on any atom is -0.475 e. The molecule has 0 fully saturated rings. The summed E-state index contributed by atoms with van der Waals surface area (Å²) in [4.78, 5) is 19.7. The molecule has 8 heteroatoms. The Labute approximate surface area is 112 Å². The topological polar surface area (TPSA) is 106 Å². The number of carbonyl (C=O) groups is 2. The lowest BCUT2D eigenvalue weighted by Crippen LogP contribution is -2.23. The number of carbonyl (C=O) groups excluding carboxylic acids is 1. The highest BCUT2D eigenvalue weighted by molar-refractivity contribution is 5.92. The molecule has 1 unspecified atom stereocenters. The zero-order valence-corrected chi connectivity index (χ0v) is 10.2. The first kappa shape index (κ1) is 17.6. The van der Waals surface area contributed by atoms with Crippen LogP contribution < -0.4 is 11.5 Å². The Bertz CT molecular complexity index is 486. The minimum absolute atomic E-state index is 0.228. The molecule has 0 aliphatic heterocycles. The van der Waals surface area contributed by atoms with Crippen LogP contribution >= 0.6 is 0 Å². The average Bonchev–Trinajstić information content (AvgIpc) is 2.37. The smallest absolute Gasteiger partial charge is 0.475 e. The molecular formula is C12H13F3N2O3. The van der Waals surface area contributed by atoms with E-state index in [4.69, 9.17) is 21.4 Å². The third-order valence-electron chi connectivity index (χ3n) is 2.09. The number of aliphatic carboxylic acids is 1. The third kappa shape index (κ3) is 6.01. The maximum Gasteiger partial charge on any atom is 0.490 e. The van der Waals surface area contributed by atoms with Gasteiger partial charge in [0, 0.05) is 5.57 Å². The van der Waals surface area contributed by atoms with E-state index >= 15 is 0 Å². The zero-order valence-electron chi connectivity index (χ0n) is 10.2. The molecule has 0 radical (unpaired) electrons. The van der Waals surface area contributed by atoms with Gasteiger partial charge >= 0.3 is 12.1 Å². The van der Waals surface area contributed by atoms with Crippen LogP contribution in [0.1, 0.15) is 11.6 Å². The van der Waals surface area contributed by atoms with Crippen molar-refractivity contribution in [1.29, 1.82) is 0 Å². The average molecular weight is 290 g/mol. The number of rotatable bonds is 3. The van der Waals surface area contributed by atoms with Crippen LogP contribution in [0.3, 0.4) is 0 Å². The Kier molecular flexibility index (Phi) is 6.43. The number of carboxylic acid groups (broad SMARTS) is 1. The first-order chi connectivity index (χ1) is 9.07. The third-order valence-corrected chi connectivity index (χ3v) is 2.09. The van der Waals surface area contributed by atoms with Gasteiger partial charge in [-0.2, -0.15) is 13.2 Å². The van der Waals surface area contributed by atoms with Gasteiger partial charge in [0.15, 0.2) is 0 Å². The number of carboxylic acids is 1.